The van der Waals surface area contributed by atoms with Gasteiger partial charge < -0.3 is 11.1 Å². The predicted octanol–water partition coefficient (Wildman–Crippen LogP) is 3.08. The van der Waals surface area contributed by atoms with E-state index in [1.807, 2.05) is 24.3 Å². The second-order valence-corrected chi connectivity index (χ2v) is 4.58. The molecule has 1 heterocycles. The van der Waals surface area contributed by atoms with Crippen LogP contribution in [0.25, 0.3) is 0 Å². The molecule has 88 valence electrons. The standard InChI is InChI=1S/C13H14BrN3/c14-11-6-7-12(15)17-13(11)16-9-8-10-4-2-1-3-5-10/h1-7H,8-9H2,(H3,15,16,17). The van der Waals surface area contributed by atoms with E-state index < -0.39 is 0 Å². The van der Waals surface area contributed by atoms with Crippen molar-refractivity contribution < 1.29 is 0 Å². The molecule has 0 saturated carbocycles. The highest BCUT2D eigenvalue weighted by atomic mass is 79.9. The van der Waals surface area contributed by atoms with E-state index in [0.717, 1.165) is 23.3 Å². The number of nitrogens with two attached hydrogens (primary N) is 1. The number of pyridine rings is 1. The zero-order valence-corrected chi connectivity index (χ0v) is 10.9. The van der Waals surface area contributed by atoms with Crippen molar-refractivity contribution in [3.8, 4) is 0 Å². The minimum Gasteiger partial charge on any atom is -0.384 e. The summed E-state index contributed by atoms with van der Waals surface area (Å²) < 4.78 is 0.930. The zero-order valence-electron chi connectivity index (χ0n) is 9.36. The Morgan fingerprint density at radius 2 is 1.88 bits per heavy atom. The average molecular weight is 292 g/mol. The highest BCUT2D eigenvalue weighted by Crippen LogP contribution is 2.20. The highest BCUT2D eigenvalue weighted by Gasteiger charge is 2.01. The van der Waals surface area contributed by atoms with Gasteiger partial charge in [0.05, 0.1) is 4.47 Å². The Bertz CT molecular complexity index is 485. The lowest BCUT2D eigenvalue weighted by Crippen LogP contribution is -2.07. The zero-order chi connectivity index (χ0) is 12.1. The summed E-state index contributed by atoms with van der Waals surface area (Å²) >= 11 is 3.44. The molecule has 0 radical (unpaired) electrons. The van der Waals surface area contributed by atoms with Crippen LogP contribution in [0.1, 0.15) is 5.56 Å². The molecule has 0 spiro atoms. The van der Waals surface area contributed by atoms with Gasteiger partial charge in [-0.1, -0.05) is 30.3 Å². The van der Waals surface area contributed by atoms with Crippen molar-refractivity contribution in [2.24, 2.45) is 0 Å². The molecule has 0 fully saturated rings. The highest BCUT2D eigenvalue weighted by molar-refractivity contribution is 9.10. The first-order valence-corrected chi connectivity index (χ1v) is 6.25. The molecule has 0 amide bonds. The lowest BCUT2D eigenvalue weighted by molar-refractivity contribution is 1.01. The Hall–Kier alpha value is -1.55. The Kier molecular flexibility index (Phi) is 3.98. The van der Waals surface area contributed by atoms with Gasteiger partial charge in [-0.3, -0.25) is 0 Å². The van der Waals surface area contributed by atoms with Gasteiger partial charge in [-0.15, -0.1) is 0 Å². The SMILES string of the molecule is Nc1ccc(Br)c(NCCc2ccccc2)n1. The fourth-order valence-corrected chi connectivity index (χ4v) is 1.91. The summed E-state index contributed by atoms with van der Waals surface area (Å²) in [5.41, 5.74) is 6.94. The molecule has 0 aliphatic heterocycles. The number of nitrogens with zero attached hydrogens (tertiary/aromatic N) is 1. The van der Waals surface area contributed by atoms with E-state index in [1.165, 1.54) is 5.56 Å². The van der Waals surface area contributed by atoms with Crippen LogP contribution >= 0.6 is 15.9 Å². The number of hydrogen-bond acceptors (Lipinski definition) is 3. The summed E-state index contributed by atoms with van der Waals surface area (Å²) in [5, 5.41) is 3.26. The van der Waals surface area contributed by atoms with E-state index in [2.05, 4.69) is 38.4 Å². The summed E-state index contributed by atoms with van der Waals surface area (Å²) in [7, 11) is 0. The molecule has 3 N–H and O–H groups in total. The van der Waals surface area contributed by atoms with Crippen molar-refractivity contribution in [1.82, 2.24) is 4.98 Å². The van der Waals surface area contributed by atoms with E-state index in [-0.39, 0.29) is 0 Å². The van der Waals surface area contributed by atoms with Gasteiger partial charge in [0.15, 0.2) is 0 Å². The van der Waals surface area contributed by atoms with Gasteiger partial charge in [0.2, 0.25) is 0 Å². The molecular weight excluding hydrogens is 278 g/mol. The molecule has 4 heteroatoms. The fraction of sp³-hybridized carbons (Fsp3) is 0.154. The minimum absolute atomic E-state index is 0.524. The Morgan fingerprint density at radius 3 is 2.65 bits per heavy atom. The van der Waals surface area contributed by atoms with Crippen molar-refractivity contribution >= 4 is 27.6 Å². The van der Waals surface area contributed by atoms with Crippen LogP contribution in [0.3, 0.4) is 0 Å². The van der Waals surface area contributed by atoms with Crippen molar-refractivity contribution in [2.75, 3.05) is 17.6 Å². The van der Waals surface area contributed by atoms with Crippen molar-refractivity contribution in [2.45, 2.75) is 6.42 Å². The third-order valence-electron chi connectivity index (χ3n) is 2.42. The summed E-state index contributed by atoms with van der Waals surface area (Å²) in [5.74, 6) is 1.32. The number of aromatic nitrogens is 1. The van der Waals surface area contributed by atoms with Gasteiger partial charge in [-0.2, -0.15) is 0 Å². The molecule has 0 aliphatic carbocycles. The molecule has 0 unspecified atom stereocenters. The maximum atomic E-state index is 5.64. The van der Waals surface area contributed by atoms with Gasteiger partial charge in [-0.25, -0.2) is 4.98 Å². The van der Waals surface area contributed by atoms with Gasteiger partial charge in [0.25, 0.3) is 0 Å². The third kappa shape index (κ3) is 3.46. The van der Waals surface area contributed by atoms with Crippen LogP contribution < -0.4 is 11.1 Å². The normalized spacial score (nSPS) is 10.2. The maximum absolute atomic E-state index is 5.64. The number of hydrogen-bond donors (Lipinski definition) is 2. The molecule has 1 aromatic carbocycles. The van der Waals surface area contributed by atoms with Gasteiger partial charge >= 0.3 is 0 Å². The largest absolute Gasteiger partial charge is 0.384 e. The van der Waals surface area contributed by atoms with E-state index in [4.69, 9.17) is 5.73 Å². The van der Waals surface area contributed by atoms with Crippen LogP contribution in [-0.2, 0) is 6.42 Å². The first kappa shape index (κ1) is 11.9. The molecule has 0 aliphatic rings. The molecule has 1 aromatic heterocycles. The van der Waals surface area contributed by atoms with Crippen molar-refractivity contribution in [1.29, 1.82) is 0 Å². The molecule has 0 bridgehead atoms. The van der Waals surface area contributed by atoms with Crippen LogP contribution in [0.2, 0.25) is 0 Å². The molecule has 0 atom stereocenters. The monoisotopic (exact) mass is 291 g/mol. The molecule has 2 aromatic rings. The summed E-state index contributed by atoms with van der Waals surface area (Å²) in [4.78, 5) is 4.22. The number of benzene rings is 1. The molecular formula is C13H14BrN3. The molecule has 2 rings (SSSR count). The van der Waals surface area contributed by atoms with Crippen LogP contribution in [0.4, 0.5) is 11.6 Å². The minimum atomic E-state index is 0.524. The first-order chi connectivity index (χ1) is 8.25. The quantitative estimate of drug-likeness (QED) is 0.910. The summed E-state index contributed by atoms with van der Waals surface area (Å²) in [6, 6.07) is 14.0. The Balaban J connectivity index is 1.92. The lowest BCUT2D eigenvalue weighted by atomic mass is 10.1. The Morgan fingerprint density at radius 1 is 1.12 bits per heavy atom. The van der Waals surface area contributed by atoms with Gasteiger partial charge in [0, 0.05) is 6.54 Å². The van der Waals surface area contributed by atoms with E-state index in [1.54, 1.807) is 6.07 Å². The van der Waals surface area contributed by atoms with Gasteiger partial charge in [0.1, 0.15) is 11.6 Å². The number of nitrogens with one attached hydrogen (secondary N) is 1. The van der Waals surface area contributed by atoms with E-state index in [9.17, 15) is 0 Å². The second-order valence-electron chi connectivity index (χ2n) is 3.73. The predicted molar refractivity (Wildman–Crippen MR) is 75.0 cm³/mol. The molecule has 3 nitrogen and oxygen atoms in total. The topological polar surface area (TPSA) is 50.9 Å². The number of halogens is 1. The number of nitrogen functional groups attached to an aromatic ring is 1. The summed E-state index contributed by atoms with van der Waals surface area (Å²) in [6.07, 6.45) is 0.962. The lowest BCUT2D eigenvalue weighted by Gasteiger charge is -2.08. The van der Waals surface area contributed by atoms with Crippen molar-refractivity contribution in [3.63, 3.8) is 0 Å². The van der Waals surface area contributed by atoms with Crippen LogP contribution in [-0.4, -0.2) is 11.5 Å². The Labute approximate surface area is 109 Å². The van der Waals surface area contributed by atoms with E-state index in [0.29, 0.717) is 5.82 Å². The van der Waals surface area contributed by atoms with Crippen LogP contribution in [0.5, 0.6) is 0 Å². The molecule has 0 saturated heterocycles. The van der Waals surface area contributed by atoms with E-state index >= 15 is 0 Å². The average Bonchev–Trinajstić information content (AvgIpc) is 2.35. The van der Waals surface area contributed by atoms with Gasteiger partial charge in [-0.05, 0) is 40.0 Å². The smallest absolute Gasteiger partial charge is 0.142 e. The molecule has 17 heavy (non-hydrogen) atoms. The fourth-order valence-electron chi connectivity index (χ4n) is 1.55. The van der Waals surface area contributed by atoms with Crippen LogP contribution in [0.15, 0.2) is 46.9 Å². The van der Waals surface area contributed by atoms with Crippen LogP contribution in [0, 0.1) is 0 Å². The maximum Gasteiger partial charge on any atom is 0.142 e. The first-order valence-electron chi connectivity index (χ1n) is 5.45. The van der Waals surface area contributed by atoms with Crippen molar-refractivity contribution in [3.05, 3.63) is 52.5 Å². The summed E-state index contributed by atoms with van der Waals surface area (Å²) in [6.45, 7) is 0.832. The second kappa shape index (κ2) is 5.68. The number of anilines is 2. The number of rotatable bonds is 4. The third-order valence-corrected chi connectivity index (χ3v) is 3.06.